The second-order valence-corrected chi connectivity index (χ2v) is 12.9. The zero-order valence-electron chi connectivity index (χ0n) is 28.7. The molecule has 0 saturated heterocycles. The predicted octanol–water partition coefficient (Wildman–Crippen LogP) is 6.84. The van der Waals surface area contributed by atoms with Crippen molar-refractivity contribution < 1.29 is 47.9 Å². The summed E-state index contributed by atoms with van der Waals surface area (Å²) in [5.74, 6) is 0.408. The van der Waals surface area contributed by atoms with Crippen molar-refractivity contribution in [1.82, 2.24) is 0 Å². The maximum Gasteiger partial charge on any atom is 0.200 e. The number of fused-ring (bicyclic) bond motifs is 6. The lowest BCUT2D eigenvalue weighted by molar-refractivity contribution is 0.00405. The van der Waals surface area contributed by atoms with E-state index in [0.717, 1.165) is 5.56 Å². The summed E-state index contributed by atoms with van der Waals surface area (Å²) in [7, 11) is 5.87. The van der Waals surface area contributed by atoms with Crippen LogP contribution in [0.5, 0.6) is 46.0 Å². The average Bonchev–Trinajstić information content (AvgIpc) is 3.58. The molecule has 7 rings (SSSR count). The van der Waals surface area contributed by atoms with Crippen LogP contribution in [-0.4, -0.2) is 63.4 Å². The van der Waals surface area contributed by atoms with Crippen molar-refractivity contribution in [3.8, 4) is 46.0 Å². The van der Waals surface area contributed by atoms with Crippen LogP contribution in [0.3, 0.4) is 0 Å². The Hall–Kier alpha value is -5.64. The van der Waals surface area contributed by atoms with Gasteiger partial charge in [0.05, 0.1) is 39.9 Å². The van der Waals surface area contributed by atoms with E-state index in [0.29, 0.717) is 57.6 Å². The Balaban J connectivity index is 1.52. The van der Waals surface area contributed by atoms with Crippen LogP contribution in [0.25, 0.3) is 6.08 Å². The van der Waals surface area contributed by atoms with E-state index in [9.17, 15) is 5.11 Å². The standard InChI is InChI=1S/C40H38O10/c1-21(2)30-18-26-29(49-30)13-12-24-37(42)36-25-17-32(45-4)33(46-5)19-31(25)48-20-40(36,50-39(24)26)27(14-22-10-8-7-9-11-22)38(43)35-28(41)15-23(44-3)16-34(35)47-6/h7-17,19,21,30,36,41H,18,20H2,1-6H3. The van der Waals surface area contributed by atoms with Crippen LogP contribution < -0.4 is 33.2 Å². The first-order valence-electron chi connectivity index (χ1n) is 16.3. The Bertz CT molecular complexity index is 2030. The van der Waals surface area contributed by atoms with Gasteiger partial charge in [-0.2, -0.15) is 0 Å². The van der Waals surface area contributed by atoms with Gasteiger partial charge in [0, 0.05) is 41.3 Å². The summed E-state index contributed by atoms with van der Waals surface area (Å²) in [4.78, 5) is 30.3. The van der Waals surface area contributed by atoms with E-state index in [1.54, 1.807) is 24.3 Å². The molecule has 0 bridgehead atoms. The Morgan fingerprint density at radius 3 is 2.30 bits per heavy atom. The number of hydrogen-bond donors (Lipinski definition) is 1. The fourth-order valence-corrected chi connectivity index (χ4v) is 7.13. The summed E-state index contributed by atoms with van der Waals surface area (Å²) < 4.78 is 42.1. The number of benzene rings is 4. The van der Waals surface area contributed by atoms with E-state index in [1.165, 1.54) is 40.6 Å². The zero-order chi connectivity index (χ0) is 35.3. The normalized spacial score (nSPS) is 20.3. The number of ketones is 2. The molecule has 10 nitrogen and oxygen atoms in total. The molecule has 10 heteroatoms. The number of Topliss-reactive ketones (excluding diaryl/α,β-unsaturated/α-hetero) is 2. The van der Waals surface area contributed by atoms with E-state index in [1.807, 2.05) is 36.4 Å². The highest BCUT2D eigenvalue weighted by molar-refractivity contribution is 6.18. The van der Waals surface area contributed by atoms with Crippen LogP contribution in [0.1, 0.15) is 57.2 Å². The zero-order valence-corrected chi connectivity index (χ0v) is 28.7. The topological polar surface area (TPSA) is 119 Å². The SMILES string of the molecule is COc1cc(O)c(C(=O)C(=Cc2ccccc2)C23COc4cc(OC)c(OC)cc4C2C(=O)c2ccc4c(c2O3)CC(C(C)C)O4)c(OC)c1. The van der Waals surface area contributed by atoms with E-state index in [4.69, 9.17) is 33.2 Å². The van der Waals surface area contributed by atoms with E-state index in [2.05, 4.69) is 13.8 Å². The molecule has 3 unspecified atom stereocenters. The third kappa shape index (κ3) is 5.17. The number of hydrogen-bond acceptors (Lipinski definition) is 10. The minimum Gasteiger partial charge on any atom is -0.507 e. The minimum atomic E-state index is -1.73. The summed E-state index contributed by atoms with van der Waals surface area (Å²) in [5.41, 5.74) is 0.468. The molecule has 4 aromatic carbocycles. The molecule has 258 valence electrons. The molecule has 3 atom stereocenters. The van der Waals surface area contributed by atoms with Crippen LogP contribution in [0.4, 0.5) is 0 Å². The van der Waals surface area contributed by atoms with E-state index >= 15 is 9.59 Å². The predicted molar refractivity (Wildman–Crippen MR) is 185 cm³/mol. The molecular weight excluding hydrogens is 640 g/mol. The van der Waals surface area contributed by atoms with Crippen LogP contribution in [0.15, 0.2) is 72.3 Å². The highest BCUT2D eigenvalue weighted by Crippen LogP contribution is 2.56. The van der Waals surface area contributed by atoms with E-state index < -0.39 is 17.3 Å². The molecule has 1 N–H and O–H groups in total. The number of aromatic hydroxyl groups is 1. The number of methoxy groups -OCH3 is 4. The van der Waals surface area contributed by atoms with Gasteiger partial charge < -0.3 is 38.3 Å². The van der Waals surface area contributed by atoms with Gasteiger partial charge in [0.15, 0.2) is 22.9 Å². The van der Waals surface area contributed by atoms with Gasteiger partial charge in [-0.05, 0) is 35.8 Å². The van der Waals surface area contributed by atoms with Gasteiger partial charge in [-0.25, -0.2) is 0 Å². The molecule has 0 fully saturated rings. The van der Waals surface area contributed by atoms with Gasteiger partial charge in [0.2, 0.25) is 5.78 Å². The summed E-state index contributed by atoms with van der Waals surface area (Å²) >= 11 is 0. The van der Waals surface area contributed by atoms with Crippen LogP contribution >= 0.6 is 0 Å². The van der Waals surface area contributed by atoms with Crippen molar-refractivity contribution in [2.45, 2.75) is 37.9 Å². The Kier molecular flexibility index (Phi) is 8.33. The lowest BCUT2D eigenvalue weighted by Crippen LogP contribution is -2.58. The first-order valence-corrected chi connectivity index (χ1v) is 16.3. The van der Waals surface area contributed by atoms with Crippen molar-refractivity contribution in [3.05, 3.63) is 100 Å². The van der Waals surface area contributed by atoms with Gasteiger partial charge in [-0.1, -0.05) is 44.2 Å². The Labute approximate surface area is 290 Å². The summed E-state index contributed by atoms with van der Waals surface area (Å²) in [6.07, 6.45) is 2.08. The fraction of sp³-hybridized carbons (Fsp3) is 0.300. The summed E-state index contributed by atoms with van der Waals surface area (Å²) in [6, 6.07) is 19.0. The molecule has 3 aliphatic rings. The number of phenols is 1. The molecule has 0 radical (unpaired) electrons. The van der Waals surface area contributed by atoms with Crippen LogP contribution in [0.2, 0.25) is 0 Å². The molecular formula is C40H38O10. The number of ether oxygens (including phenoxy) is 7. The quantitative estimate of drug-likeness (QED) is 0.149. The van der Waals surface area contributed by atoms with Gasteiger partial charge in [0.1, 0.15) is 52.8 Å². The van der Waals surface area contributed by atoms with Gasteiger partial charge in [-0.15, -0.1) is 0 Å². The number of rotatable bonds is 9. The summed E-state index contributed by atoms with van der Waals surface area (Å²) in [5, 5.41) is 11.3. The van der Waals surface area contributed by atoms with Crippen molar-refractivity contribution in [2.75, 3.05) is 35.0 Å². The Morgan fingerprint density at radius 1 is 0.900 bits per heavy atom. The maximum absolute atomic E-state index is 15.2. The number of carbonyl (C=O) groups is 2. The van der Waals surface area contributed by atoms with Crippen LogP contribution in [-0.2, 0) is 6.42 Å². The molecule has 3 aliphatic heterocycles. The summed E-state index contributed by atoms with van der Waals surface area (Å²) in [6.45, 7) is 3.93. The number of phenolic OH excluding ortho intramolecular Hbond substituents is 1. The monoisotopic (exact) mass is 678 g/mol. The first-order chi connectivity index (χ1) is 24.1. The molecule has 0 saturated carbocycles. The fourth-order valence-electron chi connectivity index (χ4n) is 7.13. The first kappa shape index (κ1) is 32.9. The molecule has 0 amide bonds. The Morgan fingerprint density at radius 2 is 1.62 bits per heavy atom. The lowest BCUT2D eigenvalue weighted by Gasteiger charge is -2.48. The lowest BCUT2D eigenvalue weighted by atomic mass is 9.68. The molecule has 50 heavy (non-hydrogen) atoms. The van der Waals surface area contributed by atoms with Gasteiger partial charge >= 0.3 is 0 Å². The third-order valence-electron chi connectivity index (χ3n) is 9.74. The largest absolute Gasteiger partial charge is 0.507 e. The number of carbonyl (C=O) groups excluding carboxylic acids is 2. The highest BCUT2D eigenvalue weighted by Gasteiger charge is 2.59. The molecule has 3 heterocycles. The van der Waals surface area contributed by atoms with Crippen molar-refractivity contribution in [3.63, 3.8) is 0 Å². The second-order valence-electron chi connectivity index (χ2n) is 12.9. The van der Waals surface area contributed by atoms with Crippen molar-refractivity contribution in [1.29, 1.82) is 0 Å². The minimum absolute atomic E-state index is 0.0730. The van der Waals surface area contributed by atoms with Gasteiger partial charge in [0.25, 0.3) is 0 Å². The second kappa shape index (κ2) is 12.7. The van der Waals surface area contributed by atoms with Gasteiger partial charge in [-0.3, -0.25) is 9.59 Å². The van der Waals surface area contributed by atoms with Crippen molar-refractivity contribution >= 4 is 17.6 Å². The third-order valence-corrected chi connectivity index (χ3v) is 9.74. The molecule has 0 aliphatic carbocycles. The molecule has 0 aromatic heterocycles. The van der Waals surface area contributed by atoms with Crippen LogP contribution in [0, 0.1) is 5.92 Å². The van der Waals surface area contributed by atoms with E-state index in [-0.39, 0.29) is 47.0 Å². The van der Waals surface area contributed by atoms with Crippen molar-refractivity contribution in [2.24, 2.45) is 5.92 Å². The smallest absolute Gasteiger partial charge is 0.200 e. The highest BCUT2D eigenvalue weighted by atomic mass is 16.6. The molecule has 4 aromatic rings. The molecule has 0 spiro atoms. The maximum atomic E-state index is 15.2. The average molecular weight is 679 g/mol.